The molecule has 3 heterocycles. The van der Waals surface area contributed by atoms with Gasteiger partial charge in [-0.05, 0) is 144 Å². The van der Waals surface area contributed by atoms with Crippen LogP contribution in [0.4, 0.5) is 5.69 Å². The van der Waals surface area contributed by atoms with E-state index in [-0.39, 0.29) is 0 Å². The van der Waals surface area contributed by atoms with Crippen LogP contribution in [0, 0.1) is 17.9 Å². The molecule has 14 rings (SSSR count). The first-order valence-corrected chi connectivity index (χ1v) is 23.8. The highest BCUT2D eigenvalue weighted by Gasteiger charge is 2.17. The lowest BCUT2D eigenvalue weighted by Crippen LogP contribution is -1.90. The molecule has 0 spiro atoms. The van der Waals surface area contributed by atoms with E-state index in [1.54, 1.807) is 24.5 Å². The summed E-state index contributed by atoms with van der Waals surface area (Å²) in [5.41, 5.74) is 18.8. The van der Waals surface area contributed by atoms with Crippen LogP contribution in [0.1, 0.15) is 5.56 Å². The number of para-hydroxylation sites is 2. The van der Waals surface area contributed by atoms with Gasteiger partial charge in [-0.2, -0.15) is 5.26 Å². The molecule has 0 unspecified atom stereocenters. The van der Waals surface area contributed by atoms with Gasteiger partial charge in [0.2, 0.25) is 5.69 Å². The minimum absolute atomic E-state index is 0.521. The second-order valence-electron chi connectivity index (χ2n) is 18.3. The first-order valence-electron chi connectivity index (χ1n) is 23.8. The summed E-state index contributed by atoms with van der Waals surface area (Å²) in [4.78, 5) is 13.4. The zero-order valence-electron chi connectivity index (χ0n) is 38.4. The van der Waals surface area contributed by atoms with Crippen molar-refractivity contribution in [1.29, 1.82) is 5.26 Å². The molecule has 0 aliphatic carbocycles. The summed E-state index contributed by atoms with van der Waals surface area (Å²) in [6.07, 6.45) is 3.55. The average Bonchev–Trinajstić information content (AvgIpc) is 4.03. The zero-order valence-corrected chi connectivity index (χ0v) is 38.4. The molecule has 72 heavy (non-hydrogen) atoms. The van der Waals surface area contributed by atoms with Crippen molar-refractivity contribution in [3.05, 3.63) is 236 Å². The average molecular weight is 917 g/mol. The molecule has 0 radical (unpaired) electrons. The summed E-state index contributed by atoms with van der Waals surface area (Å²) in [5.74, 6) is 0. The Morgan fingerprint density at radius 2 is 0.708 bits per heavy atom. The lowest BCUT2D eigenvalue weighted by molar-refractivity contribution is 0.668. The van der Waals surface area contributed by atoms with Gasteiger partial charge in [0.05, 0.1) is 23.2 Å². The number of benzene rings is 11. The lowest BCUT2D eigenvalue weighted by Gasteiger charge is -2.13. The van der Waals surface area contributed by atoms with E-state index in [0.717, 1.165) is 132 Å². The van der Waals surface area contributed by atoms with Crippen LogP contribution in [0.3, 0.4) is 0 Å². The van der Waals surface area contributed by atoms with Crippen LogP contribution >= 0.6 is 0 Å². The summed E-state index contributed by atoms with van der Waals surface area (Å²) < 4.78 is 12.5. The van der Waals surface area contributed by atoms with Crippen molar-refractivity contribution < 1.29 is 8.83 Å². The third-order valence-electron chi connectivity index (χ3n) is 14.2. The van der Waals surface area contributed by atoms with Crippen molar-refractivity contribution in [3.8, 4) is 72.8 Å². The third-order valence-corrected chi connectivity index (χ3v) is 14.2. The smallest absolute Gasteiger partial charge is 0.229 e. The second kappa shape index (κ2) is 16.2. The van der Waals surface area contributed by atoms with Gasteiger partial charge in [-0.3, -0.25) is 9.97 Å². The first-order chi connectivity index (χ1) is 35.5. The molecule has 3 aromatic heterocycles. The number of hydrogen-bond donors (Lipinski definition) is 0. The largest absolute Gasteiger partial charge is 0.467 e. The van der Waals surface area contributed by atoms with Gasteiger partial charge in [0, 0.05) is 44.7 Å². The highest BCUT2D eigenvalue weighted by molar-refractivity contribution is 6.24. The highest BCUT2D eigenvalue weighted by Crippen LogP contribution is 2.41. The number of rotatable bonds is 6. The van der Waals surface area contributed by atoms with E-state index in [2.05, 4.69) is 181 Å². The van der Waals surface area contributed by atoms with Crippen molar-refractivity contribution in [2.75, 3.05) is 0 Å². The van der Waals surface area contributed by atoms with Gasteiger partial charge in [-0.25, -0.2) is 4.85 Å². The number of nitrogens with zero attached hydrogens (tertiary/aromatic N) is 4. The predicted molar refractivity (Wildman–Crippen MR) is 293 cm³/mol. The van der Waals surface area contributed by atoms with Crippen LogP contribution in [-0.2, 0) is 0 Å². The minimum atomic E-state index is 0.521. The van der Waals surface area contributed by atoms with Crippen molar-refractivity contribution in [2.24, 2.45) is 0 Å². The molecular formula is C66H36N4O2. The van der Waals surface area contributed by atoms with Crippen LogP contribution in [-0.4, -0.2) is 9.97 Å². The number of fused-ring (bicyclic) bond motifs is 12. The van der Waals surface area contributed by atoms with Crippen LogP contribution < -0.4 is 0 Å². The Kier molecular flexibility index (Phi) is 9.23. The van der Waals surface area contributed by atoms with Crippen molar-refractivity contribution >= 4 is 82.1 Å². The molecule has 0 bridgehead atoms. The van der Waals surface area contributed by atoms with Gasteiger partial charge < -0.3 is 8.83 Å². The Hall–Kier alpha value is -10.1. The van der Waals surface area contributed by atoms with E-state index in [0.29, 0.717) is 22.4 Å². The molecular weight excluding hydrogens is 881 g/mol. The number of furan rings is 2. The molecule has 0 aliphatic heterocycles. The minimum Gasteiger partial charge on any atom is -0.467 e. The van der Waals surface area contributed by atoms with E-state index < -0.39 is 0 Å². The number of hydrogen-bond acceptors (Lipinski definition) is 5. The Bertz CT molecular complexity index is 4380. The SMILES string of the molecule is [C-]#[N+]c1cccc2c1oc1cc(-c3cccc(-c4cccc(-c5ccc6c(c5)c5cc(-c7cccc(-c8cccc(-c9ccc%10c(c9)oc9c(C#N)cccc9%10)c8)c7)ccc5c5nccnc65)c4)c3)ccc12. The Morgan fingerprint density at radius 3 is 1.14 bits per heavy atom. The van der Waals surface area contributed by atoms with Crippen LogP contribution in [0.2, 0.25) is 0 Å². The number of aromatic nitrogens is 2. The molecule has 6 nitrogen and oxygen atoms in total. The van der Waals surface area contributed by atoms with Crippen molar-refractivity contribution in [2.45, 2.75) is 0 Å². The lowest BCUT2D eigenvalue weighted by atomic mass is 9.91. The van der Waals surface area contributed by atoms with E-state index in [4.69, 9.17) is 25.4 Å². The zero-order chi connectivity index (χ0) is 47.9. The maximum atomic E-state index is 9.69. The van der Waals surface area contributed by atoms with Crippen molar-refractivity contribution in [3.63, 3.8) is 0 Å². The van der Waals surface area contributed by atoms with Crippen LogP contribution in [0.5, 0.6) is 0 Å². The monoisotopic (exact) mass is 916 g/mol. The van der Waals surface area contributed by atoms with Gasteiger partial charge >= 0.3 is 0 Å². The molecule has 11 aromatic carbocycles. The fraction of sp³-hybridized carbons (Fsp3) is 0. The molecule has 0 saturated carbocycles. The summed E-state index contributed by atoms with van der Waals surface area (Å²) in [7, 11) is 0. The maximum Gasteiger partial charge on any atom is 0.229 e. The Balaban J connectivity index is 0.816. The van der Waals surface area contributed by atoms with E-state index in [9.17, 15) is 5.26 Å². The predicted octanol–water partition coefficient (Wildman–Crippen LogP) is 18.2. The third kappa shape index (κ3) is 6.63. The van der Waals surface area contributed by atoms with E-state index >= 15 is 0 Å². The van der Waals surface area contributed by atoms with Crippen LogP contribution in [0.25, 0.3) is 148 Å². The summed E-state index contributed by atoms with van der Waals surface area (Å²) in [6.45, 7) is 7.62. The topological polar surface area (TPSA) is 80.2 Å². The first kappa shape index (κ1) is 40.9. The molecule has 332 valence electrons. The fourth-order valence-electron chi connectivity index (χ4n) is 10.7. The molecule has 0 fully saturated rings. The summed E-state index contributed by atoms with van der Waals surface area (Å²) in [5, 5.41) is 17.9. The molecule has 6 heteroatoms. The summed E-state index contributed by atoms with van der Waals surface area (Å²) in [6, 6.07) is 74.4. The van der Waals surface area contributed by atoms with E-state index in [1.807, 2.05) is 24.3 Å². The molecule has 0 atom stereocenters. The Labute approximate surface area is 412 Å². The van der Waals surface area contributed by atoms with Gasteiger partial charge in [0.1, 0.15) is 22.8 Å². The quantitative estimate of drug-likeness (QED) is 0.123. The van der Waals surface area contributed by atoms with Gasteiger partial charge in [0.25, 0.3) is 0 Å². The maximum absolute atomic E-state index is 9.69. The van der Waals surface area contributed by atoms with Gasteiger partial charge in [-0.15, -0.1) is 0 Å². The Morgan fingerprint density at radius 1 is 0.347 bits per heavy atom. The highest BCUT2D eigenvalue weighted by atomic mass is 16.3. The second-order valence-corrected chi connectivity index (χ2v) is 18.3. The van der Waals surface area contributed by atoms with Gasteiger partial charge in [-0.1, -0.05) is 140 Å². The molecule has 0 saturated heterocycles. The van der Waals surface area contributed by atoms with Crippen LogP contribution in [0.15, 0.2) is 227 Å². The fourth-order valence-corrected chi connectivity index (χ4v) is 10.7. The molecule has 0 N–H and O–H groups in total. The summed E-state index contributed by atoms with van der Waals surface area (Å²) >= 11 is 0. The number of nitriles is 1. The van der Waals surface area contributed by atoms with Crippen molar-refractivity contribution in [1.82, 2.24) is 9.97 Å². The molecule has 0 aliphatic rings. The van der Waals surface area contributed by atoms with E-state index in [1.165, 1.54) is 0 Å². The normalized spacial score (nSPS) is 11.6. The standard InChI is InChI=1S/C66H36N4O2/c1-68-60-19-7-18-57-53-25-21-50(37-62(53)72-66(57)60)46-15-5-11-42(33-46)40-9-3-13-44(31-40)48-23-27-55-59(35-48)58-34-47(22-26-54(58)63-64(55)70-29-28-69-63)43-12-2-8-39(30-43)41-10-4-14-45(32-41)49-20-24-52-56-17-6-16-51(38-67)65(56)71-61(52)36-49/h2-37H. The van der Waals surface area contributed by atoms with Gasteiger partial charge in [0.15, 0.2) is 5.58 Å². The molecule has 0 amide bonds. The molecule has 14 aromatic rings.